The molecule has 0 atom stereocenters. The first kappa shape index (κ1) is 15.3. The second-order valence-electron chi connectivity index (χ2n) is 4.18. The topological polar surface area (TPSA) is 59.3 Å². The van der Waals surface area contributed by atoms with E-state index in [-0.39, 0.29) is 12.4 Å². The Morgan fingerprint density at radius 1 is 1.29 bits per heavy atom. The van der Waals surface area contributed by atoms with E-state index in [1.807, 2.05) is 6.07 Å². The molecule has 0 spiro atoms. The van der Waals surface area contributed by atoms with Crippen LogP contribution < -0.4 is 9.47 Å². The van der Waals surface area contributed by atoms with Crippen LogP contribution in [0.5, 0.6) is 11.5 Å². The third kappa shape index (κ3) is 3.73. The molecule has 0 unspecified atom stereocenters. The molecule has 0 bridgehead atoms. The summed E-state index contributed by atoms with van der Waals surface area (Å²) in [6.45, 7) is -0.0811. The molecular weight excluding hydrogens is 381 g/mol. The summed E-state index contributed by atoms with van der Waals surface area (Å²) in [5.74, 6) is 0.804. The van der Waals surface area contributed by atoms with Crippen LogP contribution in [0.2, 0.25) is 0 Å². The maximum atomic E-state index is 12.0. The number of hydrogen-bond donors (Lipinski definition) is 0. The number of nitriles is 1. The predicted molar refractivity (Wildman–Crippen MR) is 86.7 cm³/mol. The second-order valence-corrected chi connectivity index (χ2v) is 5.34. The Morgan fingerprint density at radius 2 is 2.00 bits per heavy atom. The van der Waals surface area contributed by atoms with E-state index in [9.17, 15) is 4.79 Å². The molecule has 0 N–H and O–H groups in total. The van der Waals surface area contributed by atoms with Gasteiger partial charge in [-0.1, -0.05) is 30.3 Å². The average molecular weight is 393 g/mol. The van der Waals surface area contributed by atoms with Crippen molar-refractivity contribution < 1.29 is 14.3 Å². The summed E-state index contributed by atoms with van der Waals surface area (Å²) in [5.41, 5.74) is 1.08. The average Bonchev–Trinajstić information content (AvgIpc) is 2.53. The van der Waals surface area contributed by atoms with Crippen LogP contribution in [-0.4, -0.2) is 19.5 Å². The van der Waals surface area contributed by atoms with Gasteiger partial charge in [-0.2, -0.15) is 5.26 Å². The third-order valence-electron chi connectivity index (χ3n) is 2.80. The summed E-state index contributed by atoms with van der Waals surface area (Å²) in [6, 6.07) is 14.3. The van der Waals surface area contributed by atoms with Crippen LogP contribution in [0.4, 0.5) is 0 Å². The zero-order valence-electron chi connectivity index (χ0n) is 11.3. The lowest BCUT2D eigenvalue weighted by Gasteiger charge is -2.12. The van der Waals surface area contributed by atoms with Gasteiger partial charge in [0.15, 0.2) is 23.9 Å². The molecule has 0 saturated heterocycles. The van der Waals surface area contributed by atoms with Crippen LogP contribution in [0.3, 0.4) is 0 Å². The van der Waals surface area contributed by atoms with Crippen molar-refractivity contribution in [1.29, 1.82) is 5.26 Å². The number of methoxy groups -OCH3 is 1. The summed E-state index contributed by atoms with van der Waals surface area (Å²) in [5, 5.41) is 8.94. The van der Waals surface area contributed by atoms with E-state index in [2.05, 4.69) is 28.7 Å². The van der Waals surface area contributed by atoms with Crippen LogP contribution in [0.1, 0.15) is 15.9 Å². The maximum Gasteiger partial charge on any atom is 0.200 e. The van der Waals surface area contributed by atoms with Gasteiger partial charge in [0, 0.05) is 11.6 Å². The van der Waals surface area contributed by atoms with Gasteiger partial charge >= 0.3 is 0 Å². The van der Waals surface area contributed by atoms with Crippen LogP contribution >= 0.6 is 22.6 Å². The predicted octanol–water partition coefficient (Wildman–Crippen LogP) is 3.43. The minimum Gasteiger partial charge on any atom is -0.493 e. The van der Waals surface area contributed by atoms with Crippen molar-refractivity contribution in [2.24, 2.45) is 0 Å². The number of carbonyl (C=O) groups excluding carboxylic acids is 1. The van der Waals surface area contributed by atoms with Crippen molar-refractivity contribution in [3.05, 3.63) is 57.2 Å². The van der Waals surface area contributed by atoms with Gasteiger partial charge in [0.1, 0.15) is 0 Å². The van der Waals surface area contributed by atoms with Crippen molar-refractivity contribution in [3.8, 4) is 17.6 Å². The molecule has 0 aromatic heterocycles. The largest absolute Gasteiger partial charge is 0.493 e. The molecule has 2 aromatic carbocycles. The highest BCUT2D eigenvalue weighted by Gasteiger charge is 2.14. The zero-order valence-corrected chi connectivity index (χ0v) is 13.5. The molecule has 0 aliphatic rings. The molecule has 2 aromatic rings. The van der Waals surface area contributed by atoms with Gasteiger partial charge in [-0.25, -0.2) is 0 Å². The molecule has 0 saturated carbocycles. The first-order valence-electron chi connectivity index (χ1n) is 6.14. The molecule has 106 valence electrons. The molecule has 0 amide bonds. The Balaban J connectivity index is 2.17. The van der Waals surface area contributed by atoms with Crippen molar-refractivity contribution in [2.45, 2.75) is 0 Å². The Morgan fingerprint density at radius 3 is 2.62 bits per heavy atom. The van der Waals surface area contributed by atoms with Gasteiger partial charge in [0.2, 0.25) is 0 Å². The monoisotopic (exact) mass is 393 g/mol. The van der Waals surface area contributed by atoms with E-state index in [1.165, 1.54) is 7.11 Å². The highest BCUT2D eigenvalue weighted by molar-refractivity contribution is 14.1. The molecule has 21 heavy (non-hydrogen) atoms. The van der Waals surface area contributed by atoms with Crippen molar-refractivity contribution in [2.75, 3.05) is 13.7 Å². The molecule has 4 nitrogen and oxygen atoms in total. The highest BCUT2D eigenvalue weighted by Crippen LogP contribution is 2.33. The number of ketones is 1. The zero-order chi connectivity index (χ0) is 15.2. The minimum absolute atomic E-state index is 0.0811. The SMILES string of the molecule is COc1cc(C#N)cc(I)c1OCC(=O)c1ccccc1. The second kappa shape index (κ2) is 7.09. The highest BCUT2D eigenvalue weighted by atomic mass is 127. The quantitative estimate of drug-likeness (QED) is 0.577. The van der Waals surface area contributed by atoms with Gasteiger partial charge in [-0.05, 0) is 28.7 Å². The fourth-order valence-electron chi connectivity index (χ4n) is 1.77. The van der Waals surface area contributed by atoms with Crippen molar-refractivity contribution in [3.63, 3.8) is 0 Å². The Labute approximate surface area is 136 Å². The standard InChI is InChI=1S/C16H12INO3/c1-20-15-8-11(9-18)7-13(17)16(15)21-10-14(19)12-5-3-2-4-6-12/h2-8H,10H2,1H3. The molecule has 0 aliphatic heterocycles. The summed E-state index contributed by atoms with van der Waals surface area (Å²) >= 11 is 2.05. The Bertz CT molecular complexity index is 693. The molecule has 0 aliphatic carbocycles. The third-order valence-corrected chi connectivity index (χ3v) is 3.60. The fraction of sp³-hybridized carbons (Fsp3) is 0.125. The van der Waals surface area contributed by atoms with Crippen LogP contribution in [0, 0.1) is 14.9 Å². The van der Waals surface area contributed by atoms with Crippen molar-refractivity contribution in [1.82, 2.24) is 0 Å². The number of rotatable bonds is 5. The number of carbonyl (C=O) groups is 1. The molecule has 0 radical (unpaired) electrons. The summed E-state index contributed by atoms with van der Waals surface area (Å²) in [7, 11) is 1.50. The first-order valence-corrected chi connectivity index (χ1v) is 7.22. The fourth-order valence-corrected chi connectivity index (χ4v) is 2.53. The van der Waals surface area contributed by atoms with Gasteiger partial charge in [0.05, 0.1) is 22.3 Å². The number of nitrogens with zero attached hydrogens (tertiary/aromatic N) is 1. The molecule has 0 heterocycles. The Kier molecular flexibility index (Phi) is 5.17. The lowest BCUT2D eigenvalue weighted by atomic mass is 10.1. The van der Waals surface area contributed by atoms with Gasteiger partial charge in [-0.15, -0.1) is 0 Å². The van der Waals surface area contributed by atoms with Crippen LogP contribution in [0.15, 0.2) is 42.5 Å². The summed E-state index contributed by atoms with van der Waals surface area (Å²) in [4.78, 5) is 12.0. The van der Waals surface area contributed by atoms with Gasteiger partial charge in [-0.3, -0.25) is 4.79 Å². The van der Waals surface area contributed by atoms with Gasteiger partial charge < -0.3 is 9.47 Å². The normalized spacial score (nSPS) is 9.76. The van der Waals surface area contributed by atoms with Crippen LogP contribution in [0.25, 0.3) is 0 Å². The van der Waals surface area contributed by atoms with E-state index in [0.29, 0.717) is 22.6 Å². The molecule has 5 heteroatoms. The number of benzene rings is 2. The lowest BCUT2D eigenvalue weighted by Crippen LogP contribution is -2.12. The summed E-state index contributed by atoms with van der Waals surface area (Å²) < 4.78 is 11.5. The van der Waals surface area contributed by atoms with Gasteiger partial charge in [0.25, 0.3) is 0 Å². The van der Waals surface area contributed by atoms with Crippen LogP contribution in [-0.2, 0) is 0 Å². The van der Waals surface area contributed by atoms with E-state index in [0.717, 1.165) is 3.57 Å². The van der Waals surface area contributed by atoms with E-state index < -0.39 is 0 Å². The van der Waals surface area contributed by atoms with E-state index in [4.69, 9.17) is 14.7 Å². The first-order chi connectivity index (χ1) is 10.2. The maximum absolute atomic E-state index is 12.0. The number of hydrogen-bond acceptors (Lipinski definition) is 4. The number of halogens is 1. The smallest absolute Gasteiger partial charge is 0.200 e. The van der Waals surface area contributed by atoms with E-state index >= 15 is 0 Å². The van der Waals surface area contributed by atoms with Crippen molar-refractivity contribution >= 4 is 28.4 Å². The van der Waals surface area contributed by atoms with E-state index in [1.54, 1.807) is 36.4 Å². The Hall–Kier alpha value is -2.07. The number of Topliss-reactive ketones (excluding diaryl/α,β-unsaturated/α-hetero) is 1. The minimum atomic E-state index is -0.113. The molecule has 0 fully saturated rings. The lowest BCUT2D eigenvalue weighted by molar-refractivity contribution is 0.0919. The number of ether oxygens (including phenoxy) is 2. The summed E-state index contributed by atoms with van der Waals surface area (Å²) in [6.07, 6.45) is 0. The molecular formula is C16H12INO3. The molecule has 2 rings (SSSR count).